The fourth-order valence-corrected chi connectivity index (χ4v) is 4.77. The monoisotopic (exact) mass is 395 g/mol. The summed E-state index contributed by atoms with van der Waals surface area (Å²) in [5.74, 6) is 0.484. The maximum absolute atomic E-state index is 12.5. The molecule has 2 N–H and O–H groups in total. The van der Waals surface area contributed by atoms with Gasteiger partial charge in [0.2, 0.25) is 10.0 Å². The maximum Gasteiger partial charge on any atom is 0.244 e. The summed E-state index contributed by atoms with van der Waals surface area (Å²) in [6.45, 7) is 2.96. The molecule has 1 aliphatic heterocycles. The number of hydrogen-bond donors (Lipinski definition) is 2. The molecular formula is C18H22ClN3O3S. The van der Waals surface area contributed by atoms with Gasteiger partial charge in [0, 0.05) is 36.4 Å². The van der Waals surface area contributed by atoms with E-state index in [2.05, 4.69) is 10.3 Å². The van der Waals surface area contributed by atoms with Gasteiger partial charge in [-0.3, -0.25) is 0 Å². The number of sulfonamides is 1. The molecule has 0 aliphatic carbocycles. The fraction of sp³-hybridized carbons (Fsp3) is 0.389. The van der Waals surface area contributed by atoms with E-state index < -0.39 is 15.6 Å². The minimum absolute atomic E-state index is 0.182. The van der Waals surface area contributed by atoms with Crippen LogP contribution < -0.4 is 5.32 Å². The molecule has 8 heteroatoms. The molecule has 26 heavy (non-hydrogen) atoms. The lowest BCUT2D eigenvalue weighted by atomic mass is 9.96. The average Bonchev–Trinajstić information content (AvgIpc) is 3.16. The SMILES string of the molecule is CC(O)(CNc1ccc(S(=O)(=O)N2CCCC2)cn1)c1ccccc1Cl. The van der Waals surface area contributed by atoms with E-state index >= 15 is 0 Å². The smallest absolute Gasteiger partial charge is 0.244 e. The van der Waals surface area contributed by atoms with Gasteiger partial charge in [-0.2, -0.15) is 4.31 Å². The predicted molar refractivity (Wildman–Crippen MR) is 102 cm³/mol. The summed E-state index contributed by atoms with van der Waals surface area (Å²) in [7, 11) is -3.47. The number of anilines is 1. The molecule has 0 amide bonds. The van der Waals surface area contributed by atoms with Gasteiger partial charge in [0.1, 0.15) is 16.3 Å². The molecule has 1 aromatic carbocycles. The lowest BCUT2D eigenvalue weighted by Crippen LogP contribution is -2.31. The number of nitrogens with one attached hydrogen (secondary N) is 1. The third-order valence-electron chi connectivity index (χ3n) is 4.51. The fourth-order valence-electron chi connectivity index (χ4n) is 2.97. The van der Waals surface area contributed by atoms with Crippen LogP contribution in [0, 0.1) is 0 Å². The highest BCUT2D eigenvalue weighted by Crippen LogP contribution is 2.28. The van der Waals surface area contributed by atoms with Crippen molar-refractivity contribution in [3.8, 4) is 0 Å². The van der Waals surface area contributed by atoms with Crippen LogP contribution in [0.1, 0.15) is 25.3 Å². The number of halogens is 1. The minimum Gasteiger partial charge on any atom is -0.384 e. The summed E-state index contributed by atoms with van der Waals surface area (Å²) < 4.78 is 26.5. The number of rotatable bonds is 6. The molecule has 140 valence electrons. The van der Waals surface area contributed by atoms with Gasteiger partial charge in [-0.25, -0.2) is 13.4 Å². The molecule has 1 aliphatic rings. The Hall–Kier alpha value is -1.67. The highest BCUT2D eigenvalue weighted by molar-refractivity contribution is 7.89. The van der Waals surface area contributed by atoms with Crippen LogP contribution in [-0.4, -0.2) is 42.4 Å². The zero-order valence-corrected chi connectivity index (χ0v) is 16.1. The summed E-state index contributed by atoms with van der Waals surface area (Å²) in [6.07, 6.45) is 3.13. The van der Waals surface area contributed by atoms with Crippen LogP contribution in [0.3, 0.4) is 0 Å². The summed E-state index contributed by atoms with van der Waals surface area (Å²) in [4.78, 5) is 4.36. The quantitative estimate of drug-likeness (QED) is 0.785. The van der Waals surface area contributed by atoms with Gasteiger partial charge in [0.05, 0.1) is 0 Å². The number of aliphatic hydroxyl groups is 1. The lowest BCUT2D eigenvalue weighted by Gasteiger charge is -2.25. The molecule has 0 saturated carbocycles. The first-order chi connectivity index (χ1) is 12.3. The lowest BCUT2D eigenvalue weighted by molar-refractivity contribution is 0.0715. The molecule has 1 aromatic heterocycles. The Balaban J connectivity index is 1.69. The molecular weight excluding hydrogens is 374 g/mol. The van der Waals surface area contributed by atoms with E-state index in [1.807, 2.05) is 6.07 Å². The van der Waals surface area contributed by atoms with Gasteiger partial charge < -0.3 is 10.4 Å². The Labute approximate surface area is 158 Å². The number of hydrogen-bond acceptors (Lipinski definition) is 5. The first-order valence-electron chi connectivity index (χ1n) is 8.48. The Bertz CT molecular complexity index is 864. The van der Waals surface area contributed by atoms with Gasteiger partial charge >= 0.3 is 0 Å². The second kappa shape index (κ2) is 7.52. The molecule has 2 heterocycles. The van der Waals surface area contributed by atoms with Crippen LogP contribution in [0.4, 0.5) is 5.82 Å². The van der Waals surface area contributed by atoms with E-state index in [-0.39, 0.29) is 11.4 Å². The average molecular weight is 396 g/mol. The molecule has 1 unspecified atom stereocenters. The molecule has 0 radical (unpaired) electrons. The summed E-state index contributed by atoms with van der Waals surface area (Å²) in [5.41, 5.74) is -0.581. The van der Waals surface area contributed by atoms with Crippen molar-refractivity contribution in [1.29, 1.82) is 0 Å². The largest absolute Gasteiger partial charge is 0.384 e. The van der Waals surface area contributed by atoms with Crippen molar-refractivity contribution in [3.05, 3.63) is 53.2 Å². The zero-order chi connectivity index (χ0) is 18.8. The second-order valence-electron chi connectivity index (χ2n) is 6.60. The highest BCUT2D eigenvalue weighted by Gasteiger charge is 2.28. The van der Waals surface area contributed by atoms with E-state index in [4.69, 9.17) is 11.6 Å². The second-order valence-corrected chi connectivity index (χ2v) is 8.94. The Morgan fingerprint density at radius 3 is 2.54 bits per heavy atom. The van der Waals surface area contributed by atoms with Crippen LogP contribution in [-0.2, 0) is 15.6 Å². The van der Waals surface area contributed by atoms with Gasteiger partial charge in [-0.15, -0.1) is 0 Å². The first kappa shape index (κ1) is 19.1. The van der Waals surface area contributed by atoms with Crippen molar-refractivity contribution in [2.45, 2.75) is 30.3 Å². The van der Waals surface area contributed by atoms with Crippen molar-refractivity contribution < 1.29 is 13.5 Å². The molecule has 1 saturated heterocycles. The number of benzene rings is 1. The van der Waals surface area contributed by atoms with Crippen LogP contribution in [0.15, 0.2) is 47.5 Å². The highest BCUT2D eigenvalue weighted by atomic mass is 35.5. The summed E-state index contributed by atoms with van der Waals surface area (Å²) >= 11 is 6.15. The Morgan fingerprint density at radius 1 is 1.23 bits per heavy atom. The molecule has 2 aromatic rings. The van der Waals surface area contributed by atoms with Gasteiger partial charge in [-0.1, -0.05) is 29.8 Å². The Morgan fingerprint density at radius 2 is 1.92 bits per heavy atom. The minimum atomic E-state index is -3.47. The normalized spacial score (nSPS) is 17.8. The topological polar surface area (TPSA) is 82.5 Å². The van der Waals surface area contributed by atoms with E-state index in [0.717, 1.165) is 12.8 Å². The number of aromatic nitrogens is 1. The first-order valence-corrected chi connectivity index (χ1v) is 10.3. The molecule has 1 atom stereocenters. The molecule has 0 spiro atoms. The molecule has 3 rings (SSSR count). The zero-order valence-electron chi connectivity index (χ0n) is 14.5. The van der Waals surface area contributed by atoms with E-state index in [0.29, 0.717) is 29.5 Å². The molecule has 0 bridgehead atoms. The van der Waals surface area contributed by atoms with E-state index in [1.54, 1.807) is 31.2 Å². The predicted octanol–water partition coefficient (Wildman–Crippen LogP) is 2.84. The van der Waals surface area contributed by atoms with Gasteiger partial charge in [-0.05, 0) is 38.0 Å². The third-order valence-corrected chi connectivity index (χ3v) is 6.72. The summed E-state index contributed by atoms with van der Waals surface area (Å²) in [5, 5.41) is 14.2. The number of nitrogens with zero attached hydrogens (tertiary/aromatic N) is 2. The van der Waals surface area contributed by atoms with Crippen molar-refractivity contribution in [3.63, 3.8) is 0 Å². The standard InChI is InChI=1S/C18H22ClN3O3S/c1-18(23,15-6-2-3-7-16(15)19)13-21-17-9-8-14(12-20-17)26(24,25)22-10-4-5-11-22/h2-3,6-9,12,23H,4-5,10-11,13H2,1H3,(H,20,21). The molecule has 6 nitrogen and oxygen atoms in total. The van der Waals surface area contributed by atoms with E-state index in [1.165, 1.54) is 16.6 Å². The van der Waals surface area contributed by atoms with Crippen molar-refractivity contribution >= 4 is 27.4 Å². The summed E-state index contributed by atoms with van der Waals surface area (Å²) in [6, 6.07) is 10.2. The van der Waals surface area contributed by atoms with Crippen molar-refractivity contribution in [2.75, 3.05) is 25.0 Å². The van der Waals surface area contributed by atoms with Crippen LogP contribution in [0.5, 0.6) is 0 Å². The van der Waals surface area contributed by atoms with Gasteiger partial charge in [0.25, 0.3) is 0 Å². The van der Waals surface area contributed by atoms with Crippen LogP contribution >= 0.6 is 11.6 Å². The van der Waals surface area contributed by atoms with Crippen LogP contribution in [0.2, 0.25) is 5.02 Å². The van der Waals surface area contributed by atoms with Gasteiger partial charge in [0.15, 0.2) is 0 Å². The third kappa shape index (κ3) is 4.01. The molecule has 1 fully saturated rings. The van der Waals surface area contributed by atoms with E-state index in [9.17, 15) is 13.5 Å². The maximum atomic E-state index is 12.5. The Kier molecular flexibility index (Phi) is 5.53. The van der Waals surface area contributed by atoms with Crippen molar-refractivity contribution in [2.24, 2.45) is 0 Å². The van der Waals surface area contributed by atoms with Crippen LogP contribution in [0.25, 0.3) is 0 Å². The number of pyridine rings is 1. The van der Waals surface area contributed by atoms with Crippen molar-refractivity contribution in [1.82, 2.24) is 9.29 Å².